The number of carbonyl (C=O) groups is 5. The van der Waals surface area contributed by atoms with Gasteiger partial charge in [0.25, 0.3) is 0 Å². The summed E-state index contributed by atoms with van der Waals surface area (Å²) in [6.45, 7) is 25.8. The smallest absolute Gasteiger partial charge is 0.414 e. The Hall–Kier alpha value is -4.72. The van der Waals surface area contributed by atoms with Crippen LogP contribution in [-0.4, -0.2) is 179 Å². The number of likely N-dealkylation sites (N-methyl/N-ethyl adjacent to an activating group) is 2. The second kappa shape index (κ2) is 23.2. The van der Waals surface area contributed by atoms with Crippen molar-refractivity contribution in [2.75, 3.05) is 27.2 Å². The molecule has 0 unspecified atom stereocenters. The van der Waals surface area contributed by atoms with E-state index < -0.39 is 138 Å². The molecule has 8 N–H and O–H groups in total. The normalized spacial score (nSPS) is 28.6. The largest absolute Gasteiger partial charge is 0.466 e. The van der Waals surface area contributed by atoms with E-state index in [-0.39, 0.29) is 19.4 Å². The van der Waals surface area contributed by atoms with Crippen LogP contribution in [-0.2, 0) is 42.6 Å². The zero-order chi connectivity index (χ0) is 53.5. The highest BCUT2D eigenvalue weighted by atomic mass is 16.7. The van der Waals surface area contributed by atoms with Crippen molar-refractivity contribution in [2.24, 2.45) is 4.99 Å². The zero-order valence-corrected chi connectivity index (χ0v) is 44.1. The van der Waals surface area contributed by atoms with E-state index in [2.05, 4.69) is 31.6 Å². The molecule has 2 heterocycles. The monoisotopic (exact) mass is 1000 g/mol. The minimum absolute atomic E-state index is 0.0709. The van der Waals surface area contributed by atoms with E-state index in [4.69, 9.17) is 42.6 Å². The lowest BCUT2D eigenvalue weighted by Crippen LogP contribution is -2.70. The molecule has 1 saturated heterocycles. The van der Waals surface area contributed by atoms with Gasteiger partial charge in [0.2, 0.25) is 12.2 Å². The molecule has 2 aliphatic heterocycles. The number of alkyl carbamates (subject to hydrolysis) is 4. The SMILES string of the molecule is CNCC1=CC[C@@H](N=C(NC(=O)OC(C)(C)C)NC(=O)OC(C)(C)C)[C@@H](O[C@H]2[C@H](O)[C@@H](O[C@H]3OC[C@](C)(O)[C@H](N(C)C(=O)OC(C)(C)C)[C@H]3O)[C@H](NC(=O)OC(C)(C)C)C[C@@H]2NC(=O)OC(C)(C)C)O1. The molecular formula is C46H81N7O17. The molecule has 2 fully saturated rings. The Labute approximate surface area is 411 Å². The van der Waals surface area contributed by atoms with Gasteiger partial charge in [-0.05, 0) is 137 Å². The Morgan fingerprint density at radius 3 is 1.56 bits per heavy atom. The maximum Gasteiger partial charge on any atom is 0.414 e. The van der Waals surface area contributed by atoms with E-state index in [1.165, 1.54) is 14.0 Å². The Morgan fingerprint density at radius 1 is 0.700 bits per heavy atom. The van der Waals surface area contributed by atoms with Crippen LogP contribution >= 0.6 is 0 Å². The molecule has 0 aromatic rings. The van der Waals surface area contributed by atoms with Crippen molar-refractivity contribution in [2.45, 2.75) is 218 Å². The average Bonchev–Trinajstić information content (AvgIpc) is 3.12. The third-order valence-electron chi connectivity index (χ3n) is 9.89. The van der Waals surface area contributed by atoms with Crippen LogP contribution in [0.2, 0.25) is 0 Å². The highest BCUT2D eigenvalue weighted by molar-refractivity contribution is 6.01. The number of hydrogen-bond donors (Lipinski definition) is 8. The Morgan fingerprint density at radius 2 is 1.13 bits per heavy atom. The first kappa shape index (κ1) is 59.6. The molecule has 0 radical (unpaired) electrons. The van der Waals surface area contributed by atoms with Crippen molar-refractivity contribution in [1.29, 1.82) is 0 Å². The topological polar surface area (TPSA) is 305 Å². The van der Waals surface area contributed by atoms with Gasteiger partial charge in [-0.3, -0.25) is 10.6 Å². The van der Waals surface area contributed by atoms with Gasteiger partial charge in [0, 0.05) is 7.05 Å². The van der Waals surface area contributed by atoms with Gasteiger partial charge in [0.15, 0.2) is 6.29 Å². The molecule has 0 spiro atoms. The second-order valence-electron chi connectivity index (χ2n) is 22.7. The molecule has 24 heteroatoms. The van der Waals surface area contributed by atoms with Crippen molar-refractivity contribution in [3.8, 4) is 0 Å². The number of aliphatic hydroxyl groups excluding tert-OH is 2. The lowest BCUT2D eigenvalue weighted by Gasteiger charge is -2.50. The van der Waals surface area contributed by atoms with E-state index in [0.29, 0.717) is 5.76 Å². The van der Waals surface area contributed by atoms with Gasteiger partial charge < -0.3 is 78.8 Å². The summed E-state index contributed by atoms with van der Waals surface area (Å²) in [6, 6.07) is -4.97. The fraction of sp³-hybridized carbons (Fsp3) is 0.826. The van der Waals surface area contributed by atoms with Gasteiger partial charge in [-0.25, -0.2) is 29.0 Å². The summed E-state index contributed by atoms with van der Waals surface area (Å²) in [5.74, 6) is -0.0253. The number of rotatable bonds is 10. The van der Waals surface area contributed by atoms with Crippen LogP contribution in [0.3, 0.4) is 0 Å². The Balaban J connectivity index is 2.20. The molecule has 402 valence electrons. The predicted molar refractivity (Wildman–Crippen MR) is 252 cm³/mol. The molecule has 1 saturated carbocycles. The first-order valence-corrected chi connectivity index (χ1v) is 23.3. The molecule has 3 rings (SSSR count). The first-order valence-electron chi connectivity index (χ1n) is 23.3. The maximum absolute atomic E-state index is 13.6. The summed E-state index contributed by atoms with van der Waals surface area (Å²) in [5.41, 5.74) is -6.64. The molecule has 0 bridgehead atoms. The van der Waals surface area contributed by atoms with E-state index in [1.807, 2.05) is 0 Å². The van der Waals surface area contributed by atoms with Crippen LogP contribution in [0.25, 0.3) is 0 Å². The summed E-state index contributed by atoms with van der Waals surface area (Å²) in [6.07, 6.45) is -13.0. The fourth-order valence-electron chi connectivity index (χ4n) is 7.45. The van der Waals surface area contributed by atoms with E-state index in [9.17, 15) is 39.3 Å². The van der Waals surface area contributed by atoms with Crippen molar-refractivity contribution in [3.05, 3.63) is 11.8 Å². The van der Waals surface area contributed by atoms with E-state index in [1.54, 1.807) is 117 Å². The highest BCUT2D eigenvalue weighted by Gasteiger charge is 2.55. The Bertz CT molecular complexity index is 1850. The number of aliphatic imine (C=N–C) groups is 1. The van der Waals surface area contributed by atoms with Crippen LogP contribution in [0.4, 0.5) is 24.0 Å². The number of ether oxygens (including phenoxy) is 9. The van der Waals surface area contributed by atoms with Gasteiger partial charge in [-0.15, -0.1) is 0 Å². The molecule has 0 aromatic heterocycles. The molecular weight excluding hydrogens is 923 g/mol. The van der Waals surface area contributed by atoms with Gasteiger partial charge in [0.05, 0.1) is 31.3 Å². The minimum atomic E-state index is -1.86. The summed E-state index contributed by atoms with van der Waals surface area (Å²) in [7, 11) is 3.01. The maximum atomic E-state index is 13.6. The van der Waals surface area contributed by atoms with Crippen LogP contribution in [0.1, 0.15) is 124 Å². The quantitative estimate of drug-likeness (QED) is 0.0880. The van der Waals surface area contributed by atoms with Crippen molar-refractivity contribution in [3.63, 3.8) is 0 Å². The van der Waals surface area contributed by atoms with Gasteiger partial charge in [-0.2, -0.15) is 0 Å². The summed E-state index contributed by atoms with van der Waals surface area (Å²) >= 11 is 0. The van der Waals surface area contributed by atoms with Crippen LogP contribution < -0.4 is 26.6 Å². The number of guanidine groups is 1. The number of aliphatic hydroxyl groups is 3. The lowest BCUT2D eigenvalue weighted by molar-refractivity contribution is -0.311. The number of hydrogen-bond acceptors (Lipinski definition) is 19. The van der Waals surface area contributed by atoms with Crippen LogP contribution in [0.5, 0.6) is 0 Å². The molecule has 3 aliphatic rings. The minimum Gasteiger partial charge on any atom is -0.466 e. The molecule has 0 aromatic carbocycles. The van der Waals surface area contributed by atoms with Gasteiger partial charge in [-0.1, -0.05) is 0 Å². The average molecular weight is 1000 g/mol. The molecule has 11 atom stereocenters. The van der Waals surface area contributed by atoms with E-state index >= 15 is 0 Å². The van der Waals surface area contributed by atoms with Crippen molar-refractivity contribution >= 4 is 36.4 Å². The van der Waals surface area contributed by atoms with Gasteiger partial charge >= 0.3 is 30.5 Å². The molecule has 5 amide bonds. The Kier molecular flexibility index (Phi) is 19.8. The van der Waals surface area contributed by atoms with Crippen LogP contribution in [0.15, 0.2) is 16.8 Å². The summed E-state index contributed by atoms with van der Waals surface area (Å²) in [4.78, 5) is 72.2. The van der Waals surface area contributed by atoms with Gasteiger partial charge in [0.1, 0.15) is 69.8 Å². The number of carbonyl (C=O) groups excluding carboxylic acids is 5. The molecule has 1 aliphatic carbocycles. The fourth-order valence-corrected chi connectivity index (χ4v) is 7.45. The molecule has 70 heavy (non-hydrogen) atoms. The summed E-state index contributed by atoms with van der Waals surface area (Å²) in [5, 5.41) is 49.3. The summed E-state index contributed by atoms with van der Waals surface area (Å²) < 4.78 is 52.8. The highest BCUT2D eigenvalue weighted by Crippen LogP contribution is 2.35. The number of nitrogens with one attached hydrogen (secondary N) is 5. The third kappa shape index (κ3) is 19.5. The number of nitrogens with zero attached hydrogens (tertiary/aromatic N) is 2. The number of amides is 5. The first-order chi connectivity index (χ1) is 31.8. The molecule has 24 nitrogen and oxygen atoms in total. The van der Waals surface area contributed by atoms with Crippen molar-refractivity contribution < 1.29 is 81.9 Å². The third-order valence-corrected chi connectivity index (χ3v) is 9.89. The second-order valence-corrected chi connectivity index (χ2v) is 22.7. The zero-order valence-electron chi connectivity index (χ0n) is 44.1. The van der Waals surface area contributed by atoms with Crippen LogP contribution in [0, 0.1) is 0 Å². The predicted octanol–water partition coefficient (Wildman–Crippen LogP) is 3.64. The lowest BCUT2D eigenvalue weighted by atomic mass is 9.83. The van der Waals surface area contributed by atoms with Crippen molar-refractivity contribution in [1.82, 2.24) is 31.5 Å². The van der Waals surface area contributed by atoms with E-state index in [0.717, 1.165) is 4.90 Å². The standard InChI is InChI=1S/C46H81N7O17/c1-41(2,3)66-36(56)49-26-21-27(50-37(57)67-42(4,5)6)31(65-34-29(55)32(46(16,61)23-62-34)53(18)40(60)70-45(13,14)15)28(54)30(26)64-33-25(20-19-24(63-33)22-47-17)48-35(51-38(58)68-43(7,8)9)52-39(59)69-44(10,11)12/h19,25-34,47,54-55,61H,20-23H2,1-18H3,(H,49,56)(H,50,57)(H2,48,51,52,58,59)/t25-,26+,27-,28+,29-,30-,31+,32-,33-,34-,46+/m1/s1.